The van der Waals surface area contributed by atoms with Gasteiger partial charge in [0.1, 0.15) is 6.04 Å². The molecule has 0 bridgehead atoms. The van der Waals surface area contributed by atoms with E-state index in [-0.39, 0.29) is 11.9 Å². The Kier molecular flexibility index (Phi) is 3.81. The van der Waals surface area contributed by atoms with E-state index >= 15 is 0 Å². The van der Waals surface area contributed by atoms with Crippen LogP contribution in [0.25, 0.3) is 0 Å². The minimum absolute atomic E-state index is 0.199. The largest absolute Gasteiger partial charge is 0.293 e. The first-order valence-electron chi connectivity index (χ1n) is 5.95. The second kappa shape index (κ2) is 5.22. The van der Waals surface area contributed by atoms with Crippen molar-refractivity contribution in [1.29, 1.82) is 0 Å². The molecule has 1 atom stereocenters. The first-order valence-corrected chi connectivity index (χ1v) is 7.80. The lowest BCUT2D eigenvalue weighted by molar-refractivity contribution is -0.119. The van der Waals surface area contributed by atoms with Crippen molar-refractivity contribution in [3.8, 4) is 0 Å². The number of hydrogen-bond donors (Lipinski definition) is 1. The van der Waals surface area contributed by atoms with Gasteiger partial charge in [0.05, 0.1) is 6.26 Å². The van der Waals surface area contributed by atoms with Crippen LogP contribution in [0.15, 0.2) is 12.3 Å². The van der Waals surface area contributed by atoms with Crippen molar-refractivity contribution >= 4 is 21.9 Å². The third-order valence-corrected chi connectivity index (χ3v) is 4.25. The van der Waals surface area contributed by atoms with Crippen LogP contribution in [0.3, 0.4) is 0 Å². The maximum Gasteiger partial charge on any atom is 0.245 e. The SMILES string of the molecule is Cc1ccnc(NC(=O)C2CCCN2S(C)(=O)=O)n1. The average molecular weight is 284 g/mol. The summed E-state index contributed by atoms with van der Waals surface area (Å²) in [4.78, 5) is 20.1. The molecule has 2 rings (SSSR count). The summed E-state index contributed by atoms with van der Waals surface area (Å²) in [6.45, 7) is 2.17. The van der Waals surface area contributed by atoms with Crippen LogP contribution in [0.4, 0.5) is 5.95 Å². The van der Waals surface area contributed by atoms with Gasteiger partial charge in [-0.1, -0.05) is 0 Å². The molecular formula is C11H16N4O3S. The molecule has 1 saturated heterocycles. The van der Waals surface area contributed by atoms with Crippen molar-refractivity contribution in [1.82, 2.24) is 14.3 Å². The van der Waals surface area contributed by atoms with E-state index in [1.807, 2.05) is 0 Å². The fraction of sp³-hybridized carbons (Fsp3) is 0.545. The minimum Gasteiger partial charge on any atom is -0.293 e. The Balaban J connectivity index is 2.12. The normalized spacial score (nSPS) is 20.4. The Hall–Kier alpha value is -1.54. The number of aryl methyl sites for hydroxylation is 1. The number of sulfonamides is 1. The highest BCUT2D eigenvalue weighted by molar-refractivity contribution is 7.88. The predicted octanol–water partition coefficient (Wildman–Crippen LogP) is 0.148. The van der Waals surface area contributed by atoms with Crippen LogP contribution in [0.2, 0.25) is 0 Å². The molecule has 0 aromatic carbocycles. The lowest BCUT2D eigenvalue weighted by Crippen LogP contribution is -2.42. The maximum absolute atomic E-state index is 12.1. The van der Waals surface area contributed by atoms with Gasteiger partial charge < -0.3 is 0 Å². The molecule has 1 aromatic heterocycles. The van der Waals surface area contributed by atoms with E-state index in [1.54, 1.807) is 19.2 Å². The minimum atomic E-state index is -3.37. The van der Waals surface area contributed by atoms with E-state index in [0.717, 1.165) is 11.9 Å². The zero-order valence-corrected chi connectivity index (χ0v) is 11.6. The molecule has 1 unspecified atom stereocenters. The van der Waals surface area contributed by atoms with Gasteiger partial charge >= 0.3 is 0 Å². The van der Waals surface area contributed by atoms with Crippen LogP contribution in [0.1, 0.15) is 18.5 Å². The van der Waals surface area contributed by atoms with Crippen LogP contribution in [0.5, 0.6) is 0 Å². The van der Waals surface area contributed by atoms with Gasteiger partial charge in [-0.25, -0.2) is 18.4 Å². The Morgan fingerprint density at radius 3 is 2.89 bits per heavy atom. The van der Waals surface area contributed by atoms with E-state index < -0.39 is 16.1 Å². The third-order valence-electron chi connectivity index (χ3n) is 2.96. The topological polar surface area (TPSA) is 92.3 Å². The van der Waals surface area contributed by atoms with Gasteiger partial charge in [0.25, 0.3) is 0 Å². The summed E-state index contributed by atoms with van der Waals surface area (Å²) in [6.07, 6.45) is 3.85. The molecular weight excluding hydrogens is 268 g/mol. The molecule has 1 aliphatic rings. The number of anilines is 1. The second-order valence-corrected chi connectivity index (χ2v) is 6.48. The number of nitrogens with zero attached hydrogens (tertiary/aromatic N) is 3. The number of hydrogen-bond acceptors (Lipinski definition) is 5. The lowest BCUT2D eigenvalue weighted by atomic mass is 10.2. The molecule has 1 aromatic rings. The van der Waals surface area contributed by atoms with E-state index in [1.165, 1.54) is 4.31 Å². The van der Waals surface area contributed by atoms with E-state index in [4.69, 9.17) is 0 Å². The number of rotatable bonds is 3. The fourth-order valence-corrected chi connectivity index (χ4v) is 3.23. The van der Waals surface area contributed by atoms with Gasteiger partial charge in [-0.2, -0.15) is 4.31 Å². The summed E-state index contributed by atoms with van der Waals surface area (Å²) >= 11 is 0. The molecule has 104 valence electrons. The summed E-state index contributed by atoms with van der Waals surface area (Å²) in [5, 5.41) is 2.56. The molecule has 0 spiro atoms. The van der Waals surface area contributed by atoms with Gasteiger partial charge in [0.15, 0.2) is 0 Å². The Bertz CT molecular complexity index is 587. The molecule has 0 saturated carbocycles. The van der Waals surface area contributed by atoms with Gasteiger partial charge in [-0.05, 0) is 25.8 Å². The predicted molar refractivity (Wildman–Crippen MR) is 70.0 cm³/mol. The molecule has 2 heterocycles. The monoisotopic (exact) mass is 284 g/mol. The molecule has 19 heavy (non-hydrogen) atoms. The van der Waals surface area contributed by atoms with Crippen LogP contribution >= 0.6 is 0 Å². The van der Waals surface area contributed by atoms with E-state index in [9.17, 15) is 13.2 Å². The zero-order chi connectivity index (χ0) is 14.0. The Labute approximate surface area is 112 Å². The lowest BCUT2D eigenvalue weighted by Gasteiger charge is -2.20. The third kappa shape index (κ3) is 3.27. The van der Waals surface area contributed by atoms with E-state index in [0.29, 0.717) is 19.4 Å². The quantitative estimate of drug-likeness (QED) is 0.852. The smallest absolute Gasteiger partial charge is 0.245 e. The number of amides is 1. The van der Waals surface area contributed by atoms with Crippen LogP contribution in [-0.2, 0) is 14.8 Å². The standard InChI is InChI=1S/C11H16N4O3S/c1-8-5-6-12-11(13-8)14-10(16)9-4-3-7-15(9)19(2,17)18/h5-6,9H,3-4,7H2,1-2H3,(H,12,13,14,16). The zero-order valence-electron chi connectivity index (χ0n) is 10.8. The van der Waals surface area contributed by atoms with Gasteiger partial charge in [0.2, 0.25) is 21.9 Å². The van der Waals surface area contributed by atoms with Crippen LogP contribution < -0.4 is 5.32 Å². The first-order chi connectivity index (χ1) is 8.88. The highest BCUT2D eigenvalue weighted by atomic mass is 32.2. The van der Waals surface area contributed by atoms with Gasteiger partial charge in [-0.15, -0.1) is 0 Å². The second-order valence-electron chi connectivity index (χ2n) is 4.54. The Morgan fingerprint density at radius 1 is 1.53 bits per heavy atom. The molecule has 1 N–H and O–H groups in total. The van der Waals surface area contributed by atoms with Crippen LogP contribution in [0, 0.1) is 6.92 Å². The van der Waals surface area contributed by atoms with Crippen molar-refractivity contribution in [3.63, 3.8) is 0 Å². The maximum atomic E-state index is 12.1. The van der Waals surface area contributed by atoms with Crippen LogP contribution in [-0.4, -0.2) is 47.4 Å². The molecule has 7 nitrogen and oxygen atoms in total. The summed E-state index contributed by atoms with van der Waals surface area (Å²) in [7, 11) is -3.37. The van der Waals surface area contributed by atoms with Crippen molar-refractivity contribution in [2.45, 2.75) is 25.8 Å². The number of aromatic nitrogens is 2. The molecule has 0 aliphatic carbocycles. The summed E-state index contributed by atoms with van der Waals surface area (Å²) in [5.41, 5.74) is 0.733. The van der Waals surface area contributed by atoms with E-state index in [2.05, 4.69) is 15.3 Å². The number of carbonyl (C=O) groups excluding carboxylic acids is 1. The highest BCUT2D eigenvalue weighted by Gasteiger charge is 2.36. The summed E-state index contributed by atoms with van der Waals surface area (Å²) in [6, 6.07) is 1.05. The first kappa shape index (κ1) is 13.9. The van der Waals surface area contributed by atoms with Gasteiger partial charge in [-0.3, -0.25) is 10.1 Å². The summed E-state index contributed by atoms with van der Waals surface area (Å²) in [5.74, 6) is -0.182. The highest BCUT2D eigenvalue weighted by Crippen LogP contribution is 2.21. The van der Waals surface area contributed by atoms with Crippen molar-refractivity contribution in [2.24, 2.45) is 0 Å². The number of nitrogens with one attached hydrogen (secondary N) is 1. The fourth-order valence-electron chi connectivity index (χ4n) is 2.10. The van der Waals surface area contributed by atoms with Crippen molar-refractivity contribution in [3.05, 3.63) is 18.0 Å². The molecule has 1 aliphatic heterocycles. The molecule has 1 amide bonds. The molecule has 1 fully saturated rings. The summed E-state index contributed by atoms with van der Waals surface area (Å²) < 4.78 is 24.4. The molecule has 8 heteroatoms. The Morgan fingerprint density at radius 2 is 2.26 bits per heavy atom. The average Bonchev–Trinajstić information content (AvgIpc) is 2.77. The van der Waals surface area contributed by atoms with Crippen molar-refractivity contribution < 1.29 is 13.2 Å². The van der Waals surface area contributed by atoms with Crippen molar-refractivity contribution in [2.75, 3.05) is 18.1 Å². The number of carbonyl (C=O) groups is 1. The molecule has 0 radical (unpaired) electrons. The van der Waals surface area contributed by atoms with Gasteiger partial charge in [0, 0.05) is 18.4 Å².